The minimum atomic E-state index is 0.0610. The minimum absolute atomic E-state index is 0.0610. The van der Waals surface area contributed by atoms with E-state index in [1.165, 1.54) is 11.3 Å². The third-order valence-electron chi connectivity index (χ3n) is 4.05. The van der Waals surface area contributed by atoms with Crippen molar-refractivity contribution in [3.63, 3.8) is 0 Å². The Morgan fingerprint density at radius 1 is 1.30 bits per heavy atom. The first-order valence-electron chi connectivity index (χ1n) is 6.88. The van der Waals surface area contributed by atoms with E-state index in [-0.39, 0.29) is 23.9 Å². The van der Waals surface area contributed by atoms with Crippen LogP contribution in [0.4, 0.5) is 10.7 Å². The molecule has 1 saturated heterocycles. The zero-order valence-electron chi connectivity index (χ0n) is 11.8. The molecule has 1 aliphatic heterocycles. The van der Waals surface area contributed by atoms with Gasteiger partial charge in [0.25, 0.3) is 0 Å². The number of nitrogens with two attached hydrogens (primary N) is 1. The molecule has 2 unspecified atom stereocenters. The zero-order chi connectivity index (χ0) is 14.3. The highest BCUT2D eigenvalue weighted by molar-refractivity contribution is 7.18. The van der Waals surface area contributed by atoms with E-state index in [1.54, 1.807) is 14.2 Å². The van der Waals surface area contributed by atoms with Crippen LogP contribution in [0.25, 0.3) is 0 Å². The molecule has 1 aromatic rings. The normalized spacial score (nSPS) is 26.2. The van der Waals surface area contributed by atoms with Crippen molar-refractivity contribution in [2.45, 2.75) is 25.0 Å². The summed E-state index contributed by atoms with van der Waals surface area (Å²) in [4.78, 5) is 15.1. The van der Waals surface area contributed by atoms with Gasteiger partial charge in [0, 0.05) is 33.2 Å². The van der Waals surface area contributed by atoms with Gasteiger partial charge < -0.3 is 20.1 Å². The quantitative estimate of drug-likeness (QED) is 0.839. The van der Waals surface area contributed by atoms with Crippen LogP contribution in [0.15, 0.2) is 6.07 Å². The predicted octanol–water partition coefficient (Wildman–Crippen LogP) is 1.77. The highest BCUT2D eigenvalue weighted by atomic mass is 32.1. The average Bonchev–Trinajstić information content (AvgIpc) is 3.10. The van der Waals surface area contributed by atoms with Crippen LogP contribution < -0.4 is 10.6 Å². The van der Waals surface area contributed by atoms with E-state index < -0.39 is 0 Å². The summed E-state index contributed by atoms with van der Waals surface area (Å²) in [7, 11) is 3.40. The second-order valence-electron chi connectivity index (χ2n) is 5.46. The molecule has 110 valence electrons. The third kappa shape index (κ3) is 2.43. The maximum atomic E-state index is 12.2. The molecule has 1 saturated carbocycles. The Morgan fingerprint density at radius 3 is 2.40 bits per heavy atom. The second kappa shape index (κ2) is 5.35. The Labute approximate surface area is 122 Å². The Hall–Kier alpha value is -1.11. The molecule has 2 fully saturated rings. The Balaban J connectivity index is 1.78. The number of rotatable bonds is 5. The number of ketones is 1. The topological polar surface area (TPSA) is 64.8 Å². The van der Waals surface area contributed by atoms with Gasteiger partial charge in [-0.1, -0.05) is 0 Å². The molecular weight excluding hydrogens is 276 g/mol. The van der Waals surface area contributed by atoms with Gasteiger partial charge in [-0.3, -0.25) is 4.79 Å². The lowest BCUT2D eigenvalue weighted by Gasteiger charge is -2.14. The number of carbonyl (C=O) groups is 1. The Bertz CT molecular complexity index is 501. The number of ether oxygens (including phenoxy) is 2. The summed E-state index contributed by atoms with van der Waals surface area (Å²) < 4.78 is 10.9. The molecule has 2 atom stereocenters. The summed E-state index contributed by atoms with van der Waals surface area (Å²) in [6.07, 6.45) is 2.14. The van der Waals surface area contributed by atoms with Crippen molar-refractivity contribution in [3.8, 4) is 0 Å². The number of nitrogen functional groups attached to an aromatic ring is 1. The van der Waals surface area contributed by atoms with Crippen LogP contribution in [0.3, 0.4) is 0 Å². The van der Waals surface area contributed by atoms with Crippen LogP contribution in [0.5, 0.6) is 0 Å². The number of hydrogen-bond acceptors (Lipinski definition) is 6. The van der Waals surface area contributed by atoms with Gasteiger partial charge in [0.2, 0.25) is 0 Å². The molecule has 20 heavy (non-hydrogen) atoms. The molecule has 2 aliphatic rings. The van der Waals surface area contributed by atoms with Crippen LogP contribution in [0.2, 0.25) is 0 Å². The van der Waals surface area contributed by atoms with E-state index in [4.69, 9.17) is 15.2 Å². The molecule has 0 radical (unpaired) electrons. The summed E-state index contributed by atoms with van der Waals surface area (Å²) in [5.74, 6) is 0.422. The number of carbonyl (C=O) groups excluding carboxylic acids is 1. The van der Waals surface area contributed by atoms with Crippen LogP contribution in [0.1, 0.15) is 22.5 Å². The van der Waals surface area contributed by atoms with Crippen molar-refractivity contribution in [1.29, 1.82) is 0 Å². The first-order chi connectivity index (χ1) is 9.63. The van der Waals surface area contributed by atoms with Crippen molar-refractivity contribution in [2.24, 2.45) is 5.92 Å². The zero-order valence-corrected chi connectivity index (χ0v) is 12.6. The standard InChI is InChI=1S/C14H20N2O3S/c1-18-10-6-16(7-11(10)19-2)12-5-9(15)14(20-12)13(17)8-3-4-8/h5,8,10-11H,3-4,6-7,15H2,1-2H3. The average molecular weight is 296 g/mol. The fourth-order valence-electron chi connectivity index (χ4n) is 2.65. The summed E-state index contributed by atoms with van der Waals surface area (Å²) in [6.45, 7) is 1.54. The van der Waals surface area contributed by atoms with Gasteiger partial charge >= 0.3 is 0 Å². The van der Waals surface area contributed by atoms with E-state index in [0.29, 0.717) is 5.69 Å². The van der Waals surface area contributed by atoms with Crippen LogP contribution in [0, 0.1) is 5.92 Å². The van der Waals surface area contributed by atoms with Crippen molar-refractivity contribution in [1.82, 2.24) is 0 Å². The lowest BCUT2D eigenvalue weighted by Crippen LogP contribution is -2.27. The molecule has 1 aromatic heterocycles. The van der Waals surface area contributed by atoms with Crippen molar-refractivity contribution in [2.75, 3.05) is 37.9 Å². The van der Waals surface area contributed by atoms with Crippen LogP contribution >= 0.6 is 11.3 Å². The van der Waals surface area contributed by atoms with E-state index in [1.807, 2.05) is 6.07 Å². The van der Waals surface area contributed by atoms with Crippen molar-refractivity contribution < 1.29 is 14.3 Å². The minimum Gasteiger partial charge on any atom is -0.397 e. The maximum absolute atomic E-state index is 12.2. The van der Waals surface area contributed by atoms with Gasteiger partial charge in [-0.25, -0.2) is 0 Å². The number of hydrogen-bond donors (Lipinski definition) is 1. The molecule has 5 nitrogen and oxygen atoms in total. The smallest absolute Gasteiger partial charge is 0.178 e. The van der Waals surface area contributed by atoms with Gasteiger partial charge in [0.05, 0.1) is 15.6 Å². The summed E-state index contributed by atoms with van der Waals surface area (Å²) in [6, 6.07) is 1.91. The first-order valence-corrected chi connectivity index (χ1v) is 7.69. The van der Waals surface area contributed by atoms with Crippen molar-refractivity contribution in [3.05, 3.63) is 10.9 Å². The van der Waals surface area contributed by atoms with E-state index in [2.05, 4.69) is 4.90 Å². The summed E-state index contributed by atoms with van der Waals surface area (Å²) in [5.41, 5.74) is 6.62. The lowest BCUT2D eigenvalue weighted by molar-refractivity contribution is -0.00461. The van der Waals surface area contributed by atoms with E-state index in [0.717, 1.165) is 35.8 Å². The highest BCUT2D eigenvalue weighted by Gasteiger charge is 2.36. The first kappa shape index (κ1) is 13.9. The predicted molar refractivity (Wildman–Crippen MR) is 79.6 cm³/mol. The van der Waals surface area contributed by atoms with Gasteiger partial charge in [-0.2, -0.15) is 0 Å². The van der Waals surface area contributed by atoms with Gasteiger partial charge in [-0.05, 0) is 18.9 Å². The molecule has 0 aromatic carbocycles. The molecule has 3 rings (SSSR count). The molecule has 1 aliphatic carbocycles. The fraction of sp³-hybridized carbons (Fsp3) is 0.643. The SMILES string of the molecule is COC1CN(c2cc(N)c(C(=O)C3CC3)s2)CC1OC. The van der Waals surface area contributed by atoms with E-state index >= 15 is 0 Å². The molecular formula is C14H20N2O3S. The highest BCUT2D eigenvalue weighted by Crippen LogP contribution is 2.40. The molecule has 2 N–H and O–H groups in total. The largest absolute Gasteiger partial charge is 0.397 e. The number of nitrogens with zero attached hydrogens (tertiary/aromatic N) is 1. The Morgan fingerprint density at radius 2 is 1.90 bits per heavy atom. The van der Waals surface area contributed by atoms with Gasteiger partial charge in [0.15, 0.2) is 5.78 Å². The van der Waals surface area contributed by atoms with Crippen molar-refractivity contribution >= 4 is 27.8 Å². The Kier molecular flexibility index (Phi) is 3.70. The summed E-state index contributed by atoms with van der Waals surface area (Å²) >= 11 is 1.50. The molecule has 0 spiro atoms. The fourth-order valence-corrected chi connectivity index (χ4v) is 3.76. The molecule has 0 amide bonds. The van der Waals surface area contributed by atoms with E-state index in [9.17, 15) is 4.79 Å². The maximum Gasteiger partial charge on any atom is 0.178 e. The molecule has 2 heterocycles. The van der Waals surface area contributed by atoms with Gasteiger partial charge in [-0.15, -0.1) is 11.3 Å². The monoisotopic (exact) mass is 296 g/mol. The molecule has 6 heteroatoms. The number of Topliss-reactive ketones (excluding diaryl/α,β-unsaturated/α-hetero) is 1. The van der Waals surface area contributed by atoms with Crippen LogP contribution in [-0.2, 0) is 9.47 Å². The molecule has 0 bridgehead atoms. The summed E-state index contributed by atoms with van der Waals surface area (Å²) in [5, 5.41) is 1.04. The third-order valence-corrected chi connectivity index (χ3v) is 5.28. The van der Waals surface area contributed by atoms with Crippen LogP contribution in [-0.4, -0.2) is 45.3 Å². The number of anilines is 2. The van der Waals surface area contributed by atoms with Gasteiger partial charge in [0.1, 0.15) is 12.2 Å². The number of thiophene rings is 1. The number of methoxy groups -OCH3 is 2. The second-order valence-corrected chi connectivity index (χ2v) is 6.49. The lowest BCUT2D eigenvalue weighted by atomic mass is 10.2.